The second-order valence-electron chi connectivity index (χ2n) is 7.35. The first kappa shape index (κ1) is 19.7. The van der Waals surface area contributed by atoms with Crippen molar-refractivity contribution in [2.24, 2.45) is 7.05 Å². The number of pyridine rings is 1. The molecule has 1 N–H and O–H groups in total. The molecule has 4 rings (SSSR count). The molecule has 0 fully saturated rings. The van der Waals surface area contributed by atoms with Gasteiger partial charge >= 0.3 is 5.97 Å². The summed E-state index contributed by atoms with van der Waals surface area (Å²) in [6.45, 7) is 5.62. The average Bonchev–Trinajstić information content (AvgIpc) is 3.30. The number of fused-ring (bicyclic) bond motifs is 1. The number of ether oxygens (including phenoxy) is 1. The predicted molar refractivity (Wildman–Crippen MR) is 109 cm³/mol. The van der Waals surface area contributed by atoms with Crippen LogP contribution in [0.1, 0.15) is 44.0 Å². The van der Waals surface area contributed by atoms with Crippen LogP contribution in [0.25, 0.3) is 11.5 Å². The van der Waals surface area contributed by atoms with E-state index in [0.29, 0.717) is 35.8 Å². The Morgan fingerprint density at radius 2 is 2.17 bits per heavy atom. The van der Waals surface area contributed by atoms with Gasteiger partial charge in [-0.3, -0.25) is 9.67 Å². The molecular weight excluding hydrogens is 380 g/mol. The second-order valence-corrected chi connectivity index (χ2v) is 7.35. The van der Waals surface area contributed by atoms with Crippen molar-refractivity contribution in [3.8, 4) is 17.6 Å². The molecule has 2 aromatic heterocycles. The van der Waals surface area contributed by atoms with Crippen LogP contribution in [0.15, 0.2) is 24.4 Å². The fourth-order valence-electron chi connectivity index (χ4n) is 3.57. The molecule has 8 nitrogen and oxygen atoms in total. The minimum Gasteiger partial charge on any atom is -0.457 e. The lowest BCUT2D eigenvalue weighted by Crippen LogP contribution is -2.19. The summed E-state index contributed by atoms with van der Waals surface area (Å²) < 4.78 is 6.86. The van der Waals surface area contributed by atoms with E-state index in [1.165, 1.54) is 5.56 Å². The van der Waals surface area contributed by atoms with Gasteiger partial charge in [-0.2, -0.15) is 5.26 Å². The van der Waals surface area contributed by atoms with Crippen LogP contribution >= 0.6 is 0 Å². The summed E-state index contributed by atoms with van der Waals surface area (Å²) in [6.07, 6.45) is 2.39. The monoisotopic (exact) mass is 402 g/mol. The SMILES string of the molecule is Cc1cc(-c2nc(CNCCc3ccc4c(c3C)COC4=O)n(C)n2)ncc1C#N. The van der Waals surface area contributed by atoms with Crippen LogP contribution in [0.5, 0.6) is 0 Å². The summed E-state index contributed by atoms with van der Waals surface area (Å²) in [7, 11) is 1.85. The van der Waals surface area contributed by atoms with Gasteiger partial charge < -0.3 is 10.1 Å². The fourth-order valence-corrected chi connectivity index (χ4v) is 3.57. The highest BCUT2D eigenvalue weighted by Crippen LogP contribution is 2.26. The average molecular weight is 402 g/mol. The fraction of sp³-hybridized carbons (Fsp3) is 0.318. The third kappa shape index (κ3) is 3.67. The number of aromatic nitrogens is 4. The Morgan fingerprint density at radius 1 is 1.33 bits per heavy atom. The maximum Gasteiger partial charge on any atom is 0.338 e. The normalized spacial score (nSPS) is 12.5. The van der Waals surface area contributed by atoms with Gasteiger partial charge in [0.1, 0.15) is 24.2 Å². The van der Waals surface area contributed by atoms with Crippen molar-refractivity contribution in [1.29, 1.82) is 5.26 Å². The van der Waals surface area contributed by atoms with Gasteiger partial charge in [-0.15, -0.1) is 5.10 Å². The lowest BCUT2D eigenvalue weighted by molar-refractivity contribution is 0.0535. The maximum atomic E-state index is 11.7. The van der Waals surface area contributed by atoms with Crippen LogP contribution in [-0.2, 0) is 31.4 Å². The second kappa shape index (κ2) is 8.05. The molecule has 1 aliphatic heterocycles. The Kier molecular flexibility index (Phi) is 5.29. The van der Waals surface area contributed by atoms with Gasteiger partial charge in [0, 0.05) is 18.8 Å². The highest BCUT2D eigenvalue weighted by atomic mass is 16.5. The largest absolute Gasteiger partial charge is 0.457 e. The molecule has 0 saturated heterocycles. The van der Waals surface area contributed by atoms with E-state index in [1.54, 1.807) is 10.9 Å². The molecule has 0 bridgehead atoms. The summed E-state index contributed by atoms with van der Waals surface area (Å²) in [6, 6.07) is 7.80. The number of hydrogen-bond donors (Lipinski definition) is 1. The Bertz CT molecular complexity index is 1180. The van der Waals surface area contributed by atoms with Crippen LogP contribution < -0.4 is 5.32 Å². The van der Waals surface area contributed by atoms with Gasteiger partial charge in [0.2, 0.25) is 0 Å². The third-order valence-corrected chi connectivity index (χ3v) is 5.45. The molecule has 8 heteroatoms. The topological polar surface area (TPSA) is 106 Å². The molecule has 3 aromatic rings. The summed E-state index contributed by atoms with van der Waals surface area (Å²) in [5, 5.41) is 16.9. The van der Waals surface area contributed by atoms with Gasteiger partial charge in [-0.25, -0.2) is 9.78 Å². The van der Waals surface area contributed by atoms with Gasteiger partial charge in [-0.1, -0.05) is 6.07 Å². The van der Waals surface area contributed by atoms with Gasteiger partial charge in [0.15, 0.2) is 5.82 Å². The zero-order valence-electron chi connectivity index (χ0n) is 17.2. The first-order valence-corrected chi connectivity index (χ1v) is 9.74. The van der Waals surface area contributed by atoms with Crippen molar-refractivity contribution in [2.45, 2.75) is 33.4 Å². The number of benzene rings is 1. The van der Waals surface area contributed by atoms with Gasteiger partial charge in [0.05, 0.1) is 17.7 Å². The number of hydrogen-bond acceptors (Lipinski definition) is 7. The van der Waals surface area contributed by atoms with E-state index in [0.717, 1.165) is 35.5 Å². The minimum absolute atomic E-state index is 0.234. The number of nitrogens with one attached hydrogen (secondary N) is 1. The summed E-state index contributed by atoms with van der Waals surface area (Å²) in [5.74, 6) is 1.11. The molecule has 0 saturated carbocycles. The molecule has 0 spiro atoms. The van der Waals surface area contributed by atoms with E-state index in [-0.39, 0.29) is 5.97 Å². The third-order valence-electron chi connectivity index (χ3n) is 5.45. The first-order valence-electron chi connectivity index (χ1n) is 9.74. The Balaban J connectivity index is 1.38. The number of rotatable bonds is 6. The van der Waals surface area contributed by atoms with Crippen LogP contribution in [0.3, 0.4) is 0 Å². The van der Waals surface area contributed by atoms with E-state index >= 15 is 0 Å². The number of nitrogens with zero attached hydrogens (tertiary/aromatic N) is 5. The van der Waals surface area contributed by atoms with E-state index in [4.69, 9.17) is 10.00 Å². The Hall–Kier alpha value is -3.57. The summed E-state index contributed by atoms with van der Waals surface area (Å²) in [4.78, 5) is 20.5. The van der Waals surface area contributed by atoms with Crippen LogP contribution in [0, 0.1) is 25.2 Å². The van der Waals surface area contributed by atoms with Crippen molar-refractivity contribution < 1.29 is 9.53 Å². The summed E-state index contributed by atoms with van der Waals surface area (Å²) in [5.41, 5.74) is 6.07. The summed E-state index contributed by atoms with van der Waals surface area (Å²) >= 11 is 0. The van der Waals surface area contributed by atoms with E-state index in [9.17, 15) is 4.79 Å². The molecule has 3 heterocycles. The van der Waals surface area contributed by atoms with Gasteiger partial charge in [0.25, 0.3) is 0 Å². The van der Waals surface area contributed by atoms with E-state index in [2.05, 4.69) is 26.5 Å². The Morgan fingerprint density at radius 3 is 2.93 bits per heavy atom. The maximum absolute atomic E-state index is 11.7. The molecule has 1 aromatic carbocycles. The molecule has 0 radical (unpaired) electrons. The highest BCUT2D eigenvalue weighted by molar-refractivity contribution is 5.93. The first-order chi connectivity index (χ1) is 14.5. The highest BCUT2D eigenvalue weighted by Gasteiger charge is 2.23. The number of esters is 1. The predicted octanol–water partition coefficient (Wildman–Crippen LogP) is 2.37. The lowest BCUT2D eigenvalue weighted by atomic mass is 9.97. The standard InChI is InChI=1S/C22H22N6O2/c1-13-8-19(25-10-16(13)9-23)21-26-20(28(3)27-21)11-24-7-6-15-4-5-17-18(14(15)2)12-30-22(17)29/h4-5,8,10,24H,6-7,11-12H2,1-3H3. The quantitative estimate of drug-likeness (QED) is 0.498. The number of nitriles is 1. The molecule has 1 aliphatic rings. The smallest absolute Gasteiger partial charge is 0.338 e. The molecule has 152 valence electrons. The number of aryl methyl sites for hydroxylation is 2. The van der Waals surface area contributed by atoms with E-state index < -0.39 is 0 Å². The van der Waals surface area contributed by atoms with Crippen molar-refractivity contribution in [3.63, 3.8) is 0 Å². The molecule has 0 atom stereocenters. The van der Waals surface area contributed by atoms with E-state index in [1.807, 2.05) is 39.1 Å². The van der Waals surface area contributed by atoms with Crippen LogP contribution in [0.4, 0.5) is 0 Å². The van der Waals surface area contributed by atoms with Crippen molar-refractivity contribution in [3.05, 3.63) is 63.6 Å². The zero-order chi connectivity index (χ0) is 21.3. The van der Waals surface area contributed by atoms with Crippen LogP contribution in [0.2, 0.25) is 0 Å². The van der Waals surface area contributed by atoms with Crippen molar-refractivity contribution >= 4 is 5.97 Å². The lowest BCUT2D eigenvalue weighted by Gasteiger charge is -2.09. The number of carbonyl (C=O) groups is 1. The van der Waals surface area contributed by atoms with Crippen LogP contribution in [-0.4, -0.2) is 32.3 Å². The van der Waals surface area contributed by atoms with Crippen molar-refractivity contribution in [2.75, 3.05) is 6.54 Å². The number of cyclic esters (lactones) is 1. The molecule has 0 amide bonds. The molecule has 0 unspecified atom stereocenters. The minimum atomic E-state index is -0.234. The molecule has 30 heavy (non-hydrogen) atoms. The Labute approximate surface area is 174 Å². The van der Waals surface area contributed by atoms with Crippen molar-refractivity contribution in [1.82, 2.24) is 25.1 Å². The van der Waals surface area contributed by atoms with Gasteiger partial charge in [-0.05, 0) is 55.6 Å². The zero-order valence-corrected chi connectivity index (χ0v) is 17.2. The molecule has 0 aliphatic carbocycles. The number of carbonyl (C=O) groups excluding carboxylic acids is 1. The molecular formula is C22H22N6O2.